The molecule has 1 heterocycles. The molecule has 0 N–H and O–H groups in total. The number of hydrogen-bond donors (Lipinski definition) is 0. The minimum Gasteiger partial charge on any atom is -0.229 e. The number of sulfone groups is 1. The van der Waals surface area contributed by atoms with Crippen LogP contribution in [0.5, 0.6) is 0 Å². The number of halogens is 1. The molecule has 0 radical (unpaired) electrons. The predicted octanol–water partition coefficient (Wildman–Crippen LogP) is 2.17. The molecule has 1 atom stereocenters. The third kappa shape index (κ3) is 3.82. The smallest absolute Gasteiger partial charge is 0.229 e. The summed E-state index contributed by atoms with van der Waals surface area (Å²) in [6.07, 6.45) is 0.332. The Morgan fingerprint density at radius 3 is 2.45 bits per heavy atom. The van der Waals surface area contributed by atoms with Crippen LogP contribution in [0.3, 0.4) is 0 Å². The highest BCUT2D eigenvalue weighted by atomic mass is 35.5. The van der Waals surface area contributed by atoms with E-state index in [1.165, 1.54) is 16.4 Å². The summed E-state index contributed by atoms with van der Waals surface area (Å²) in [6.45, 7) is 4.07. The van der Waals surface area contributed by atoms with Gasteiger partial charge in [0.15, 0.2) is 9.84 Å². The molecule has 124 valence electrons. The van der Waals surface area contributed by atoms with Gasteiger partial charge in [-0.3, -0.25) is 0 Å². The largest absolute Gasteiger partial charge is 0.244 e. The van der Waals surface area contributed by atoms with Gasteiger partial charge in [-0.15, -0.1) is 0 Å². The van der Waals surface area contributed by atoms with Crippen molar-refractivity contribution in [1.29, 1.82) is 0 Å². The van der Waals surface area contributed by atoms with Gasteiger partial charge in [-0.05, 0) is 24.5 Å². The lowest BCUT2D eigenvalue weighted by Gasteiger charge is -2.29. The highest BCUT2D eigenvalue weighted by Crippen LogP contribution is 2.29. The predicted molar refractivity (Wildman–Crippen MR) is 87.2 cm³/mol. The van der Waals surface area contributed by atoms with Gasteiger partial charge in [0.1, 0.15) is 4.90 Å². The highest BCUT2D eigenvalue weighted by molar-refractivity contribution is 7.92. The van der Waals surface area contributed by atoms with Crippen molar-refractivity contribution in [3.63, 3.8) is 0 Å². The molecule has 0 saturated carbocycles. The van der Waals surface area contributed by atoms with Gasteiger partial charge in [-0.1, -0.05) is 37.6 Å². The lowest BCUT2D eigenvalue weighted by atomic mass is 10.2. The lowest BCUT2D eigenvalue weighted by Crippen LogP contribution is -2.43. The van der Waals surface area contributed by atoms with Crippen LogP contribution < -0.4 is 0 Å². The van der Waals surface area contributed by atoms with Gasteiger partial charge in [0.2, 0.25) is 10.0 Å². The molecule has 1 aromatic rings. The van der Waals surface area contributed by atoms with Gasteiger partial charge in [0.25, 0.3) is 0 Å². The molecule has 1 fully saturated rings. The zero-order chi connectivity index (χ0) is 16.5. The van der Waals surface area contributed by atoms with Crippen LogP contribution >= 0.6 is 11.6 Å². The first kappa shape index (κ1) is 17.7. The van der Waals surface area contributed by atoms with Crippen molar-refractivity contribution in [3.8, 4) is 0 Å². The van der Waals surface area contributed by atoms with E-state index in [0.717, 1.165) is 0 Å². The van der Waals surface area contributed by atoms with E-state index in [9.17, 15) is 16.8 Å². The summed E-state index contributed by atoms with van der Waals surface area (Å²) in [7, 11) is -6.99. The van der Waals surface area contributed by atoms with Crippen LogP contribution in [0.4, 0.5) is 0 Å². The maximum absolute atomic E-state index is 12.9. The Labute approximate surface area is 137 Å². The fourth-order valence-corrected chi connectivity index (χ4v) is 6.72. The number of nitrogens with zero attached hydrogens (tertiary/aromatic N) is 1. The van der Waals surface area contributed by atoms with Gasteiger partial charge in [-0.25, -0.2) is 16.8 Å². The number of sulfonamides is 1. The molecule has 0 bridgehead atoms. The lowest BCUT2D eigenvalue weighted by molar-refractivity contribution is 0.308. The van der Waals surface area contributed by atoms with Crippen LogP contribution in [-0.4, -0.2) is 45.2 Å². The van der Waals surface area contributed by atoms with Gasteiger partial charge in [-0.2, -0.15) is 4.31 Å². The van der Waals surface area contributed by atoms with Crippen LogP contribution in [-0.2, 0) is 19.9 Å². The fourth-order valence-electron chi connectivity index (χ4n) is 2.59. The van der Waals surface area contributed by atoms with E-state index >= 15 is 0 Å². The minimum atomic E-state index is -3.82. The average Bonchev–Trinajstić information content (AvgIpc) is 2.76. The average molecular weight is 366 g/mol. The van der Waals surface area contributed by atoms with Crippen molar-refractivity contribution in [2.45, 2.75) is 31.2 Å². The van der Waals surface area contributed by atoms with Crippen LogP contribution in [0, 0.1) is 5.92 Å². The molecule has 22 heavy (non-hydrogen) atoms. The second kappa shape index (κ2) is 6.47. The maximum Gasteiger partial charge on any atom is 0.244 e. The molecule has 0 unspecified atom stereocenters. The summed E-state index contributed by atoms with van der Waals surface area (Å²) >= 11 is 6.03. The minimum absolute atomic E-state index is 0.0293. The molecule has 5 nitrogen and oxygen atoms in total. The molecule has 8 heteroatoms. The van der Waals surface area contributed by atoms with Crippen LogP contribution in [0.2, 0.25) is 5.02 Å². The monoisotopic (exact) mass is 365 g/mol. The summed E-state index contributed by atoms with van der Waals surface area (Å²) < 4.78 is 50.6. The Kier molecular flexibility index (Phi) is 5.21. The van der Waals surface area contributed by atoms with Crippen molar-refractivity contribution in [2.75, 3.05) is 18.1 Å². The normalized spacial score (nSPS) is 21.6. The third-order valence-corrected chi connectivity index (χ3v) is 7.75. The molecular weight excluding hydrogens is 346 g/mol. The standard InChI is InChI=1S/C14H20ClNO4S2/c1-11(2)9-16(12-7-8-21(17,18)10-12)22(19,20)14-6-4-3-5-13(14)15/h3-6,11-12H,7-10H2,1-2H3/t12-/m0/s1. The van der Waals surface area contributed by atoms with Crippen LogP contribution in [0.15, 0.2) is 29.2 Å². The zero-order valence-electron chi connectivity index (χ0n) is 12.6. The van der Waals surface area contributed by atoms with E-state index in [2.05, 4.69) is 0 Å². The van der Waals surface area contributed by atoms with Gasteiger partial charge in [0.05, 0.1) is 16.5 Å². The number of rotatable bonds is 5. The Hall–Kier alpha value is -0.630. The molecule has 1 aromatic carbocycles. The molecule has 0 aromatic heterocycles. The van der Waals surface area contributed by atoms with Gasteiger partial charge >= 0.3 is 0 Å². The molecule has 1 aliphatic heterocycles. The zero-order valence-corrected chi connectivity index (χ0v) is 15.0. The molecule has 0 spiro atoms. The molecule has 0 aliphatic carbocycles. The first-order chi connectivity index (χ1) is 10.1. The summed E-state index contributed by atoms with van der Waals surface area (Å²) in [6, 6.07) is 5.72. The summed E-state index contributed by atoms with van der Waals surface area (Å²) in [5, 5.41) is 0.150. The Morgan fingerprint density at radius 1 is 1.32 bits per heavy atom. The summed E-state index contributed by atoms with van der Waals surface area (Å²) in [5.74, 6) is -0.00572. The van der Waals surface area contributed by atoms with Crippen molar-refractivity contribution in [1.82, 2.24) is 4.31 Å². The van der Waals surface area contributed by atoms with Crippen molar-refractivity contribution < 1.29 is 16.8 Å². The van der Waals surface area contributed by atoms with Crippen LogP contribution in [0.25, 0.3) is 0 Å². The number of benzene rings is 1. The van der Waals surface area contributed by atoms with Crippen molar-refractivity contribution in [3.05, 3.63) is 29.3 Å². The fraction of sp³-hybridized carbons (Fsp3) is 0.571. The van der Waals surface area contributed by atoms with E-state index < -0.39 is 25.9 Å². The first-order valence-electron chi connectivity index (χ1n) is 7.10. The SMILES string of the molecule is CC(C)CN([C@H]1CCS(=O)(=O)C1)S(=O)(=O)c1ccccc1Cl. The Bertz CT molecular complexity index is 744. The van der Waals surface area contributed by atoms with E-state index in [-0.39, 0.29) is 33.9 Å². The van der Waals surface area contributed by atoms with Gasteiger partial charge in [0, 0.05) is 12.6 Å². The van der Waals surface area contributed by atoms with Crippen molar-refractivity contribution in [2.24, 2.45) is 5.92 Å². The molecule has 2 rings (SSSR count). The second-order valence-electron chi connectivity index (χ2n) is 5.96. The number of hydrogen-bond acceptors (Lipinski definition) is 4. The summed E-state index contributed by atoms with van der Waals surface area (Å²) in [5.41, 5.74) is 0. The molecular formula is C14H20ClNO4S2. The van der Waals surface area contributed by atoms with E-state index in [0.29, 0.717) is 6.42 Å². The van der Waals surface area contributed by atoms with E-state index in [1.54, 1.807) is 12.1 Å². The highest BCUT2D eigenvalue weighted by Gasteiger charge is 2.39. The first-order valence-corrected chi connectivity index (χ1v) is 10.7. The van der Waals surface area contributed by atoms with E-state index in [1.807, 2.05) is 13.8 Å². The second-order valence-corrected chi connectivity index (χ2v) is 10.5. The van der Waals surface area contributed by atoms with Crippen LogP contribution in [0.1, 0.15) is 20.3 Å². The molecule has 0 amide bonds. The third-order valence-electron chi connectivity index (χ3n) is 3.58. The Balaban J connectivity index is 2.43. The maximum atomic E-state index is 12.9. The van der Waals surface area contributed by atoms with Gasteiger partial charge < -0.3 is 0 Å². The van der Waals surface area contributed by atoms with E-state index in [4.69, 9.17) is 11.6 Å². The Morgan fingerprint density at radius 2 is 1.95 bits per heavy atom. The molecule has 1 aliphatic rings. The summed E-state index contributed by atoms with van der Waals surface area (Å²) in [4.78, 5) is 0.0293. The van der Waals surface area contributed by atoms with Crippen molar-refractivity contribution >= 4 is 31.5 Å². The topological polar surface area (TPSA) is 71.5 Å². The quantitative estimate of drug-likeness (QED) is 0.801. The molecule has 1 saturated heterocycles.